The molecular formula is C16H24N2O3. The van der Waals surface area contributed by atoms with Gasteiger partial charge < -0.3 is 15.2 Å². The van der Waals surface area contributed by atoms with Crippen molar-refractivity contribution in [2.75, 3.05) is 26.2 Å². The fourth-order valence-electron chi connectivity index (χ4n) is 2.72. The lowest BCUT2D eigenvalue weighted by Gasteiger charge is -2.35. The number of phenolic OH excluding ortho intramolecular Hbond substituents is 1. The maximum absolute atomic E-state index is 11.9. The quantitative estimate of drug-likeness (QED) is 0.810. The molecule has 5 heteroatoms. The number of ether oxygens (including phenoxy) is 1. The largest absolute Gasteiger partial charge is 0.508 e. The van der Waals surface area contributed by atoms with E-state index in [0.29, 0.717) is 12.1 Å². The maximum Gasteiger partial charge on any atom is 0.251 e. The number of amides is 1. The Kier molecular flexibility index (Phi) is 5.59. The van der Waals surface area contributed by atoms with E-state index in [0.717, 1.165) is 26.1 Å². The third-order valence-electron chi connectivity index (χ3n) is 3.54. The number of nitrogens with zero attached hydrogens (tertiary/aromatic N) is 1. The van der Waals surface area contributed by atoms with E-state index in [1.165, 1.54) is 6.07 Å². The van der Waals surface area contributed by atoms with E-state index in [2.05, 4.69) is 24.1 Å². The third-order valence-corrected chi connectivity index (χ3v) is 3.54. The summed E-state index contributed by atoms with van der Waals surface area (Å²) in [6, 6.07) is 6.39. The van der Waals surface area contributed by atoms with E-state index in [1.54, 1.807) is 18.2 Å². The van der Waals surface area contributed by atoms with Crippen LogP contribution in [0.1, 0.15) is 30.6 Å². The van der Waals surface area contributed by atoms with Crippen LogP contribution in [0.15, 0.2) is 24.3 Å². The number of phenols is 1. The highest BCUT2D eigenvalue weighted by Crippen LogP contribution is 2.11. The highest BCUT2D eigenvalue weighted by Gasteiger charge is 2.21. The van der Waals surface area contributed by atoms with E-state index in [-0.39, 0.29) is 23.9 Å². The van der Waals surface area contributed by atoms with Crippen molar-refractivity contribution in [3.05, 3.63) is 29.8 Å². The van der Waals surface area contributed by atoms with E-state index >= 15 is 0 Å². The summed E-state index contributed by atoms with van der Waals surface area (Å²) in [6.45, 7) is 7.67. The van der Waals surface area contributed by atoms with Crippen molar-refractivity contribution in [1.29, 1.82) is 0 Å². The predicted molar refractivity (Wildman–Crippen MR) is 81.5 cm³/mol. The second-order valence-corrected chi connectivity index (χ2v) is 5.68. The molecule has 0 spiro atoms. The minimum absolute atomic E-state index is 0.110. The van der Waals surface area contributed by atoms with Crippen LogP contribution in [0.3, 0.4) is 0 Å². The van der Waals surface area contributed by atoms with E-state index in [4.69, 9.17) is 4.74 Å². The number of hydrogen-bond acceptors (Lipinski definition) is 4. The predicted octanol–water partition coefficient (Wildman–Crippen LogP) is 1.62. The lowest BCUT2D eigenvalue weighted by atomic mass is 10.2. The standard InChI is InChI=1S/C16H24N2O3/c1-12-10-18(11-13(2)21-12)8-4-7-17-16(20)14-5-3-6-15(19)9-14/h3,5-6,9,12-13,19H,4,7-8,10-11H2,1-2H3,(H,17,20)/t12-,13-/m0/s1. The molecule has 1 aliphatic heterocycles. The second-order valence-electron chi connectivity index (χ2n) is 5.68. The molecule has 1 heterocycles. The highest BCUT2D eigenvalue weighted by molar-refractivity contribution is 5.94. The van der Waals surface area contributed by atoms with Crippen LogP contribution in [-0.2, 0) is 4.74 Å². The molecule has 1 aromatic carbocycles. The Bertz CT molecular complexity index is 468. The van der Waals surface area contributed by atoms with Crippen LogP contribution in [0.5, 0.6) is 5.75 Å². The first kappa shape index (κ1) is 15.8. The number of benzene rings is 1. The number of hydrogen-bond donors (Lipinski definition) is 2. The number of carbonyl (C=O) groups is 1. The third kappa shape index (κ3) is 5.02. The Hall–Kier alpha value is -1.59. The van der Waals surface area contributed by atoms with Gasteiger partial charge in [-0.3, -0.25) is 9.69 Å². The molecule has 2 rings (SSSR count). The van der Waals surface area contributed by atoms with Gasteiger partial charge in [0, 0.05) is 31.7 Å². The lowest BCUT2D eigenvalue weighted by molar-refractivity contribution is -0.0679. The van der Waals surface area contributed by atoms with E-state index < -0.39 is 0 Å². The summed E-state index contributed by atoms with van der Waals surface area (Å²) in [5.74, 6) is -0.0337. The molecule has 0 aromatic heterocycles. The van der Waals surface area contributed by atoms with Gasteiger partial charge in [-0.05, 0) is 38.5 Å². The molecule has 2 atom stereocenters. The molecule has 0 aliphatic carbocycles. The van der Waals surface area contributed by atoms with Crippen LogP contribution in [0.25, 0.3) is 0 Å². The minimum Gasteiger partial charge on any atom is -0.508 e. The Morgan fingerprint density at radius 3 is 2.76 bits per heavy atom. The van der Waals surface area contributed by atoms with Crippen LogP contribution in [0, 0.1) is 0 Å². The second kappa shape index (κ2) is 7.43. The molecule has 1 amide bonds. The van der Waals surface area contributed by atoms with Crippen LogP contribution < -0.4 is 5.32 Å². The zero-order chi connectivity index (χ0) is 15.2. The van der Waals surface area contributed by atoms with Gasteiger partial charge in [0.2, 0.25) is 0 Å². The van der Waals surface area contributed by atoms with Crippen LogP contribution in [-0.4, -0.2) is 54.3 Å². The fourth-order valence-corrected chi connectivity index (χ4v) is 2.72. The molecule has 2 N–H and O–H groups in total. The topological polar surface area (TPSA) is 61.8 Å². The fraction of sp³-hybridized carbons (Fsp3) is 0.562. The van der Waals surface area contributed by atoms with Gasteiger partial charge in [-0.15, -0.1) is 0 Å². The van der Waals surface area contributed by atoms with E-state index in [1.807, 2.05) is 0 Å². The SMILES string of the molecule is C[C@H]1CN(CCCNC(=O)c2cccc(O)c2)C[C@H](C)O1. The number of carbonyl (C=O) groups excluding carboxylic acids is 1. The summed E-state index contributed by atoms with van der Waals surface area (Å²) in [6.07, 6.45) is 1.45. The molecule has 0 saturated carbocycles. The van der Waals surface area contributed by atoms with Crippen LogP contribution in [0.4, 0.5) is 0 Å². The first-order valence-corrected chi connectivity index (χ1v) is 7.49. The zero-order valence-corrected chi connectivity index (χ0v) is 12.7. The van der Waals surface area contributed by atoms with Gasteiger partial charge in [-0.1, -0.05) is 6.07 Å². The molecule has 116 valence electrons. The lowest BCUT2D eigenvalue weighted by Crippen LogP contribution is -2.46. The van der Waals surface area contributed by atoms with Crippen molar-refractivity contribution in [2.24, 2.45) is 0 Å². The van der Waals surface area contributed by atoms with Gasteiger partial charge in [-0.2, -0.15) is 0 Å². The van der Waals surface area contributed by atoms with E-state index in [9.17, 15) is 9.90 Å². The molecule has 1 aromatic rings. The van der Waals surface area contributed by atoms with Gasteiger partial charge in [0.1, 0.15) is 5.75 Å². The average molecular weight is 292 g/mol. The summed E-state index contributed by atoms with van der Waals surface area (Å²) in [5, 5.41) is 12.2. The highest BCUT2D eigenvalue weighted by atomic mass is 16.5. The van der Waals surface area contributed by atoms with Gasteiger partial charge in [0.05, 0.1) is 12.2 Å². The van der Waals surface area contributed by atoms with Crippen molar-refractivity contribution >= 4 is 5.91 Å². The van der Waals surface area contributed by atoms with Gasteiger partial charge in [-0.25, -0.2) is 0 Å². The summed E-state index contributed by atoms with van der Waals surface area (Å²) < 4.78 is 5.69. The van der Waals surface area contributed by atoms with Crippen molar-refractivity contribution < 1.29 is 14.6 Å². The smallest absolute Gasteiger partial charge is 0.251 e. The minimum atomic E-state index is -0.144. The first-order valence-electron chi connectivity index (χ1n) is 7.49. The summed E-state index contributed by atoms with van der Waals surface area (Å²) in [7, 11) is 0. The molecule has 1 fully saturated rings. The van der Waals surface area contributed by atoms with Gasteiger partial charge >= 0.3 is 0 Å². The van der Waals surface area contributed by atoms with Crippen LogP contribution >= 0.6 is 0 Å². The molecule has 21 heavy (non-hydrogen) atoms. The monoisotopic (exact) mass is 292 g/mol. The van der Waals surface area contributed by atoms with Crippen LogP contribution in [0.2, 0.25) is 0 Å². The Morgan fingerprint density at radius 1 is 1.38 bits per heavy atom. The van der Waals surface area contributed by atoms with Crippen molar-refractivity contribution in [2.45, 2.75) is 32.5 Å². The Balaban J connectivity index is 1.69. The normalized spacial score (nSPS) is 23.0. The van der Waals surface area contributed by atoms with Gasteiger partial charge in [0.25, 0.3) is 5.91 Å². The molecular weight excluding hydrogens is 268 g/mol. The summed E-state index contributed by atoms with van der Waals surface area (Å²) in [5.41, 5.74) is 0.489. The maximum atomic E-state index is 11.9. The molecule has 0 unspecified atom stereocenters. The molecule has 5 nitrogen and oxygen atoms in total. The van der Waals surface area contributed by atoms with Crippen molar-refractivity contribution in [3.63, 3.8) is 0 Å². The number of rotatable bonds is 5. The number of morpholine rings is 1. The zero-order valence-electron chi connectivity index (χ0n) is 12.7. The summed E-state index contributed by atoms with van der Waals surface area (Å²) in [4.78, 5) is 14.3. The summed E-state index contributed by atoms with van der Waals surface area (Å²) >= 11 is 0. The average Bonchev–Trinajstić information content (AvgIpc) is 2.42. The Morgan fingerprint density at radius 2 is 2.10 bits per heavy atom. The molecule has 1 saturated heterocycles. The van der Waals surface area contributed by atoms with Gasteiger partial charge in [0.15, 0.2) is 0 Å². The van der Waals surface area contributed by atoms with Crippen molar-refractivity contribution in [3.8, 4) is 5.75 Å². The molecule has 0 bridgehead atoms. The number of aromatic hydroxyl groups is 1. The van der Waals surface area contributed by atoms with Crippen molar-refractivity contribution in [1.82, 2.24) is 10.2 Å². The Labute approximate surface area is 125 Å². The molecule has 0 radical (unpaired) electrons. The molecule has 1 aliphatic rings. The first-order chi connectivity index (χ1) is 10.0. The number of nitrogens with one attached hydrogen (secondary N) is 1.